The number of hydrogen-bond donors (Lipinski definition) is 1. The minimum Gasteiger partial charge on any atom is -0.356 e. The molecule has 1 atom stereocenters. The Balaban J connectivity index is 2.99. The first-order valence-electron chi connectivity index (χ1n) is 1.70. The second kappa shape index (κ2) is 3.10. The molecule has 0 aliphatic rings. The van der Waals surface area contributed by atoms with Crippen LogP contribution in [-0.4, -0.2) is 19.4 Å². The minimum atomic E-state index is 0.120. The fourth-order valence-electron chi connectivity index (χ4n) is 0.125. The molecule has 3 heteroatoms. The number of nitrogens with one attached hydrogen (secondary N) is 1. The highest BCUT2D eigenvalue weighted by Crippen LogP contribution is 1.99. The van der Waals surface area contributed by atoms with E-state index in [0.717, 1.165) is 0 Å². The topological polar surface area (TPSA) is 29.1 Å². The van der Waals surface area contributed by atoms with Crippen LogP contribution in [0.2, 0.25) is 0 Å². The molecule has 1 N–H and O–H groups in total. The van der Waals surface area contributed by atoms with E-state index in [0.29, 0.717) is 8.58 Å². The smallest absolute Gasteiger partial charge is 0.237 e. The average molecular weight is 105 g/mol. The third-order valence-electron chi connectivity index (χ3n) is 0.454. The van der Waals surface area contributed by atoms with Crippen LogP contribution >= 0.6 is 8.58 Å². The molecule has 0 saturated heterocycles. The van der Waals surface area contributed by atoms with Crippen molar-refractivity contribution < 1.29 is 4.79 Å². The molecule has 6 heavy (non-hydrogen) atoms. The highest BCUT2D eigenvalue weighted by Gasteiger charge is 1.84. The van der Waals surface area contributed by atoms with Crippen molar-refractivity contribution >= 4 is 14.2 Å². The Kier molecular flexibility index (Phi) is 3.05. The first-order chi connectivity index (χ1) is 2.81. The Morgan fingerprint density at radius 1 is 1.83 bits per heavy atom. The summed E-state index contributed by atoms with van der Waals surface area (Å²) in [4.78, 5) is 10.1. The maximum atomic E-state index is 10.1. The molecular formula is C3H8NOP. The predicted molar refractivity (Wildman–Crippen MR) is 28.7 cm³/mol. The van der Waals surface area contributed by atoms with Gasteiger partial charge >= 0.3 is 0 Å². The van der Waals surface area contributed by atoms with Crippen LogP contribution in [0, 0.1) is 0 Å². The van der Waals surface area contributed by atoms with Gasteiger partial charge in [0, 0.05) is 7.05 Å². The summed E-state index contributed by atoms with van der Waals surface area (Å²) in [5.74, 6) is 0. The Bertz CT molecular complexity index is 48.8. The molecule has 0 fully saturated rings. The van der Waals surface area contributed by atoms with Gasteiger partial charge < -0.3 is 5.32 Å². The van der Waals surface area contributed by atoms with E-state index in [2.05, 4.69) is 5.32 Å². The minimum absolute atomic E-state index is 0.120. The highest BCUT2D eigenvalue weighted by atomic mass is 31.1. The third-order valence-corrected chi connectivity index (χ3v) is 1.16. The Labute approximate surface area is 39.1 Å². The average Bonchev–Trinajstić information content (AvgIpc) is 1.65. The van der Waals surface area contributed by atoms with Gasteiger partial charge in [-0.15, -0.1) is 0 Å². The van der Waals surface area contributed by atoms with Gasteiger partial charge in [0.15, 0.2) is 0 Å². The third kappa shape index (κ3) is 2.16. The zero-order chi connectivity index (χ0) is 4.99. The van der Waals surface area contributed by atoms with Gasteiger partial charge in [-0.3, -0.25) is 4.79 Å². The lowest BCUT2D eigenvalue weighted by Crippen LogP contribution is -2.08. The molecule has 0 spiro atoms. The van der Waals surface area contributed by atoms with E-state index in [1.54, 1.807) is 7.05 Å². The fourth-order valence-corrected chi connectivity index (χ4v) is 0.375. The first-order valence-corrected chi connectivity index (χ1v) is 3.20. The molecule has 2 nitrogen and oxygen atoms in total. The molecule has 0 aliphatic heterocycles. The van der Waals surface area contributed by atoms with E-state index in [4.69, 9.17) is 0 Å². The lowest BCUT2D eigenvalue weighted by molar-refractivity contribution is 0.262. The molecule has 0 aliphatic carbocycles. The van der Waals surface area contributed by atoms with Crippen LogP contribution in [0.4, 0.5) is 4.79 Å². The largest absolute Gasteiger partial charge is 0.356 e. The summed E-state index contributed by atoms with van der Waals surface area (Å²) in [5.41, 5.74) is 0.120. The van der Waals surface area contributed by atoms with Crippen LogP contribution in [0.15, 0.2) is 0 Å². The molecule has 0 aromatic heterocycles. The van der Waals surface area contributed by atoms with Gasteiger partial charge in [-0.1, -0.05) is 0 Å². The number of hydrogen-bond acceptors (Lipinski definition) is 1. The van der Waals surface area contributed by atoms with Crippen LogP contribution in [0.1, 0.15) is 0 Å². The van der Waals surface area contributed by atoms with Crippen molar-refractivity contribution in [2.75, 3.05) is 13.7 Å². The molecular weight excluding hydrogens is 97.0 g/mol. The van der Waals surface area contributed by atoms with E-state index < -0.39 is 0 Å². The van der Waals surface area contributed by atoms with Crippen LogP contribution < -0.4 is 5.32 Å². The van der Waals surface area contributed by atoms with Gasteiger partial charge in [-0.2, -0.15) is 0 Å². The molecule has 0 bridgehead atoms. The Hall–Kier alpha value is -0.100. The molecule has 0 radical (unpaired) electrons. The molecule has 0 saturated carbocycles. The number of amides is 1. The number of carbonyl (C=O) groups is 1. The SMILES string of the molecule is CNC(=O)PC. The maximum Gasteiger partial charge on any atom is 0.237 e. The summed E-state index contributed by atoms with van der Waals surface area (Å²) < 4.78 is 0. The van der Waals surface area contributed by atoms with Gasteiger partial charge in [-0.05, 0) is 15.2 Å². The van der Waals surface area contributed by atoms with Crippen molar-refractivity contribution in [1.82, 2.24) is 5.32 Å². The number of carbonyl (C=O) groups excluding carboxylic acids is 1. The monoisotopic (exact) mass is 105 g/mol. The maximum absolute atomic E-state index is 10.1. The van der Waals surface area contributed by atoms with Gasteiger partial charge in [0.2, 0.25) is 5.65 Å². The first kappa shape index (κ1) is 5.90. The standard InChI is InChI=1S/C3H8NOP/c1-4-3(5)6-2/h6H,1-2H3,(H,4,5). The normalized spacial score (nSPS) is 9.67. The zero-order valence-electron chi connectivity index (χ0n) is 3.91. The predicted octanol–water partition coefficient (Wildman–Crippen LogP) is 0.634. The molecule has 0 heterocycles. The lowest BCUT2D eigenvalue weighted by Gasteiger charge is -1.87. The molecule has 36 valence electrons. The Morgan fingerprint density at radius 2 is 2.33 bits per heavy atom. The summed E-state index contributed by atoms with van der Waals surface area (Å²) in [6, 6.07) is 0. The lowest BCUT2D eigenvalue weighted by atomic mass is 11.2. The van der Waals surface area contributed by atoms with Crippen LogP contribution in [0.5, 0.6) is 0 Å². The quantitative estimate of drug-likeness (QED) is 0.487. The van der Waals surface area contributed by atoms with Crippen LogP contribution in [0.25, 0.3) is 0 Å². The van der Waals surface area contributed by atoms with Crippen molar-refractivity contribution in [2.24, 2.45) is 0 Å². The summed E-state index contributed by atoms with van der Waals surface area (Å²) in [7, 11) is 2.02. The Morgan fingerprint density at radius 3 is 2.33 bits per heavy atom. The van der Waals surface area contributed by atoms with E-state index in [1.807, 2.05) is 6.66 Å². The second-order valence-corrected chi connectivity index (χ2v) is 1.78. The van der Waals surface area contributed by atoms with Crippen molar-refractivity contribution in [3.8, 4) is 0 Å². The van der Waals surface area contributed by atoms with Crippen molar-refractivity contribution in [3.05, 3.63) is 0 Å². The summed E-state index contributed by atoms with van der Waals surface area (Å²) in [6.07, 6.45) is 0. The second-order valence-electron chi connectivity index (χ2n) is 0.829. The number of rotatable bonds is 1. The van der Waals surface area contributed by atoms with Gasteiger partial charge in [0.1, 0.15) is 0 Å². The molecule has 0 rings (SSSR count). The van der Waals surface area contributed by atoms with E-state index in [9.17, 15) is 4.79 Å². The highest BCUT2D eigenvalue weighted by molar-refractivity contribution is 7.56. The van der Waals surface area contributed by atoms with Gasteiger partial charge in [0.05, 0.1) is 0 Å². The van der Waals surface area contributed by atoms with Gasteiger partial charge in [0.25, 0.3) is 0 Å². The van der Waals surface area contributed by atoms with Gasteiger partial charge in [-0.25, -0.2) is 0 Å². The summed E-state index contributed by atoms with van der Waals surface area (Å²) in [5, 5.41) is 2.49. The van der Waals surface area contributed by atoms with Crippen molar-refractivity contribution in [2.45, 2.75) is 0 Å². The van der Waals surface area contributed by atoms with E-state index in [-0.39, 0.29) is 5.65 Å². The molecule has 1 unspecified atom stereocenters. The fraction of sp³-hybridized carbons (Fsp3) is 0.667. The molecule has 1 amide bonds. The summed E-state index contributed by atoms with van der Waals surface area (Å²) in [6.45, 7) is 1.85. The van der Waals surface area contributed by atoms with E-state index >= 15 is 0 Å². The summed E-state index contributed by atoms with van der Waals surface area (Å²) >= 11 is 0. The van der Waals surface area contributed by atoms with E-state index in [1.165, 1.54) is 0 Å². The van der Waals surface area contributed by atoms with Crippen LogP contribution in [0.3, 0.4) is 0 Å². The zero-order valence-corrected chi connectivity index (χ0v) is 4.91. The molecule has 0 aromatic rings. The van der Waals surface area contributed by atoms with Crippen LogP contribution in [-0.2, 0) is 0 Å². The van der Waals surface area contributed by atoms with Crippen molar-refractivity contribution in [3.63, 3.8) is 0 Å². The van der Waals surface area contributed by atoms with Crippen molar-refractivity contribution in [1.29, 1.82) is 0 Å². The molecule has 0 aromatic carbocycles.